The number of rotatable bonds is 4. The summed E-state index contributed by atoms with van der Waals surface area (Å²) in [5.41, 5.74) is 1.96. The molecule has 8 heteroatoms. The normalized spacial score (nSPS) is 11.1. The van der Waals surface area contributed by atoms with E-state index in [1.807, 2.05) is 12.1 Å². The van der Waals surface area contributed by atoms with E-state index < -0.39 is 10.8 Å². The van der Waals surface area contributed by atoms with E-state index in [2.05, 4.69) is 10.3 Å². The van der Waals surface area contributed by atoms with Crippen molar-refractivity contribution >= 4 is 40.6 Å². The fourth-order valence-corrected chi connectivity index (χ4v) is 2.66. The van der Waals surface area contributed by atoms with Gasteiger partial charge in [-0.2, -0.15) is 0 Å². The topological polar surface area (TPSA) is 89.5 Å². The van der Waals surface area contributed by atoms with Crippen LogP contribution in [0.5, 0.6) is 0 Å². The number of nitro benzene ring substituents is 1. The highest BCUT2D eigenvalue weighted by Gasteiger charge is 2.14. The molecule has 0 aliphatic carbocycles. The minimum absolute atomic E-state index is 0.0494. The van der Waals surface area contributed by atoms with Crippen LogP contribution in [-0.2, 0) is 4.79 Å². The molecule has 7 nitrogen and oxygen atoms in total. The van der Waals surface area contributed by atoms with E-state index in [9.17, 15) is 14.9 Å². The van der Waals surface area contributed by atoms with E-state index >= 15 is 0 Å². The van der Waals surface area contributed by atoms with Crippen LogP contribution in [0.4, 0.5) is 11.4 Å². The van der Waals surface area contributed by atoms with Crippen LogP contribution in [0.2, 0.25) is 5.15 Å². The first kappa shape index (κ1) is 16.7. The van der Waals surface area contributed by atoms with Gasteiger partial charge in [-0.25, -0.2) is 4.98 Å². The zero-order chi connectivity index (χ0) is 18.0. The van der Waals surface area contributed by atoms with Crippen LogP contribution < -0.4 is 5.32 Å². The summed E-state index contributed by atoms with van der Waals surface area (Å²) in [7, 11) is 0. The molecule has 0 saturated carbocycles. The smallest absolute Gasteiger partial charge is 0.274 e. The Morgan fingerprint density at radius 1 is 1.32 bits per heavy atom. The Bertz CT molecular complexity index is 1010. The number of imidazole rings is 1. The molecule has 1 amide bonds. The third kappa shape index (κ3) is 3.36. The van der Waals surface area contributed by atoms with Gasteiger partial charge in [0.05, 0.1) is 21.9 Å². The monoisotopic (exact) mass is 356 g/mol. The second-order valence-electron chi connectivity index (χ2n) is 5.25. The summed E-state index contributed by atoms with van der Waals surface area (Å²) < 4.78 is 1.75. The Hall–Kier alpha value is -3.19. The van der Waals surface area contributed by atoms with Gasteiger partial charge in [0.1, 0.15) is 5.65 Å². The molecule has 1 aromatic carbocycles. The Balaban J connectivity index is 1.83. The van der Waals surface area contributed by atoms with E-state index in [1.54, 1.807) is 35.7 Å². The third-order valence-corrected chi connectivity index (χ3v) is 3.95. The van der Waals surface area contributed by atoms with Crippen molar-refractivity contribution in [2.75, 3.05) is 5.32 Å². The predicted octanol–water partition coefficient (Wildman–Crippen LogP) is 3.86. The molecule has 2 heterocycles. The van der Waals surface area contributed by atoms with E-state index in [1.165, 1.54) is 18.2 Å². The number of anilines is 1. The molecular formula is C17H13ClN4O3. The highest BCUT2D eigenvalue weighted by Crippen LogP contribution is 2.25. The van der Waals surface area contributed by atoms with Crippen LogP contribution in [0.1, 0.15) is 11.3 Å². The molecule has 3 aromatic rings. The lowest BCUT2D eigenvalue weighted by molar-refractivity contribution is -0.385. The highest BCUT2D eigenvalue weighted by molar-refractivity contribution is 6.31. The zero-order valence-electron chi connectivity index (χ0n) is 13.1. The number of nitrogens with zero attached hydrogens (tertiary/aromatic N) is 3. The molecule has 0 bridgehead atoms. The summed E-state index contributed by atoms with van der Waals surface area (Å²) in [6.45, 7) is 1.58. The largest absolute Gasteiger partial charge is 0.322 e. The molecule has 25 heavy (non-hydrogen) atoms. The maximum absolute atomic E-state index is 12.1. The number of hydrogen-bond donors (Lipinski definition) is 1. The van der Waals surface area contributed by atoms with Crippen LogP contribution in [0.3, 0.4) is 0 Å². The SMILES string of the molecule is Cc1c(NC(=O)/C=C/c2c(Cl)nc3ccccn23)cccc1[N+](=O)[O-]. The van der Waals surface area contributed by atoms with Gasteiger partial charge in [0.15, 0.2) is 5.15 Å². The van der Waals surface area contributed by atoms with Crippen molar-refractivity contribution in [2.24, 2.45) is 0 Å². The molecule has 0 atom stereocenters. The van der Waals surface area contributed by atoms with Crippen molar-refractivity contribution in [1.29, 1.82) is 0 Å². The van der Waals surface area contributed by atoms with Gasteiger partial charge in [-0.15, -0.1) is 0 Å². The standard InChI is InChI=1S/C17H13ClN4O3/c1-11-12(5-4-6-13(11)22(24)25)19-16(23)9-8-14-17(18)20-15-7-2-3-10-21(14)15/h2-10H,1H3,(H,19,23)/b9-8+. The molecule has 2 aromatic heterocycles. The van der Waals surface area contributed by atoms with Gasteiger partial charge in [-0.05, 0) is 31.2 Å². The van der Waals surface area contributed by atoms with Gasteiger partial charge in [-0.1, -0.05) is 23.7 Å². The fourth-order valence-electron chi connectivity index (χ4n) is 2.42. The Labute approximate surface area is 147 Å². The molecule has 0 radical (unpaired) electrons. The maximum atomic E-state index is 12.1. The number of nitrogens with one attached hydrogen (secondary N) is 1. The highest BCUT2D eigenvalue weighted by atomic mass is 35.5. The van der Waals surface area contributed by atoms with Crippen molar-refractivity contribution < 1.29 is 9.72 Å². The molecule has 0 unspecified atom stereocenters. The number of aromatic nitrogens is 2. The molecule has 0 spiro atoms. The van der Waals surface area contributed by atoms with Gasteiger partial charge in [-0.3, -0.25) is 19.3 Å². The molecule has 0 fully saturated rings. The average molecular weight is 357 g/mol. The first-order valence-electron chi connectivity index (χ1n) is 7.33. The number of nitro groups is 1. The molecule has 1 N–H and O–H groups in total. The van der Waals surface area contributed by atoms with Crippen molar-refractivity contribution in [3.63, 3.8) is 0 Å². The number of amides is 1. The number of benzene rings is 1. The van der Waals surface area contributed by atoms with Gasteiger partial charge in [0.25, 0.3) is 5.69 Å². The number of carbonyl (C=O) groups is 1. The summed E-state index contributed by atoms with van der Waals surface area (Å²) in [5, 5.41) is 13.9. The fraction of sp³-hybridized carbons (Fsp3) is 0.0588. The van der Waals surface area contributed by atoms with Crippen LogP contribution in [-0.4, -0.2) is 20.2 Å². The lowest BCUT2D eigenvalue weighted by Crippen LogP contribution is -2.09. The van der Waals surface area contributed by atoms with Crippen LogP contribution >= 0.6 is 11.6 Å². The number of halogens is 1. The second kappa shape index (κ2) is 6.74. The van der Waals surface area contributed by atoms with E-state index in [0.717, 1.165) is 0 Å². The van der Waals surface area contributed by atoms with Crippen LogP contribution in [0, 0.1) is 17.0 Å². The van der Waals surface area contributed by atoms with Gasteiger partial charge >= 0.3 is 0 Å². The Morgan fingerprint density at radius 3 is 2.88 bits per heavy atom. The Kier molecular flexibility index (Phi) is 4.49. The predicted molar refractivity (Wildman–Crippen MR) is 95.7 cm³/mol. The van der Waals surface area contributed by atoms with Crippen molar-refractivity contribution in [2.45, 2.75) is 6.92 Å². The molecule has 0 aliphatic heterocycles. The van der Waals surface area contributed by atoms with Crippen LogP contribution in [0.15, 0.2) is 48.7 Å². The van der Waals surface area contributed by atoms with E-state index in [4.69, 9.17) is 11.6 Å². The third-order valence-electron chi connectivity index (χ3n) is 3.67. The molecular weight excluding hydrogens is 344 g/mol. The summed E-state index contributed by atoms with van der Waals surface area (Å²) >= 11 is 6.10. The van der Waals surface area contributed by atoms with E-state index in [-0.39, 0.29) is 10.8 Å². The second-order valence-corrected chi connectivity index (χ2v) is 5.60. The quantitative estimate of drug-likeness (QED) is 0.436. The van der Waals surface area contributed by atoms with Crippen molar-refractivity contribution in [3.05, 3.63) is 75.2 Å². The number of fused-ring (bicyclic) bond motifs is 1. The molecule has 0 saturated heterocycles. The minimum atomic E-state index is -0.487. The average Bonchev–Trinajstić information content (AvgIpc) is 2.90. The van der Waals surface area contributed by atoms with Crippen LogP contribution in [0.25, 0.3) is 11.7 Å². The first-order valence-corrected chi connectivity index (χ1v) is 7.71. The van der Waals surface area contributed by atoms with Gasteiger partial charge in [0, 0.05) is 18.3 Å². The van der Waals surface area contributed by atoms with E-state index in [0.29, 0.717) is 22.6 Å². The van der Waals surface area contributed by atoms with Gasteiger partial charge in [0.2, 0.25) is 5.91 Å². The van der Waals surface area contributed by atoms with Crippen molar-refractivity contribution in [3.8, 4) is 0 Å². The van der Waals surface area contributed by atoms with Crippen molar-refractivity contribution in [1.82, 2.24) is 9.38 Å². The summed E-state index contributed by atoms with van der Waals surface area (Å²) in [5.74, 6) is -0.425. The number of carbonyl (C=O) groups excluding carboxylic acids is 1. The minimum Gasteiger partial charge on any atom is -0.322 e. The zero-order valence-corrected chi connectivity index (χ0v) is 13.9. The first-order chi connectivity index (χ1) is 12.0. The number of hydrogen-bond acceptors (Lipinski definition) is 4. The lowest BCUT2D eigenvalue weighted by Gasteiger charge is -2.06. The Morgan fingerprint density at radius 2 is 2.12 bits per heavy atom. The summed E-state index contributed by atoms with van der Waals surface area (Å²) in [4.78, 5) is 26.8. The van der Waals surface area contributed by atoms with Gasteiger partial charge < -0.3 is 5.32 Å². The molecule has 3 rings (SSSR count). The lowest BCUT2D eigenvalue weighted by atomic mass is 10.1. The summed E-state index contributed by atoms with van der Waals surface area (Å²) in [6.07, 6.45) is 4.64. The molecule has 126 valence electrons. The molecule has 0 aliphatic rings. The maximum Gasteiger partial charge on any atom is 0.274 e. The summed E-state index contributed by atoms with van der Waals surface area (Å²) in [6, 6.07) is 9.98. The number of pyridine rings is 1.